The molecule has 1 fully saturated rings. The highest BCUT2D eigenvalue weighted by Gasteiger charge is 2.24. The van der Waals surface area contributed by atoms with Crippen LogP contribution in [0.3, 0.4) is 0 Å². The van der Waals surface area contributed by atoms with E-state index < -0.39 is 0 Å². The Morgan fingerprint density at radius 1 is 1.86 bits per heavy atom. The van der Waals surface area contributed by atoms with Gasteiger partial charge in [-0.05, 0) is 6.92 Å². The molecule has 2 nitrogen and oxygen atoms in total. The molecule has 1 aliphatic rings. The maximum absolute atomic E-state index is 3.85. The van der Waals surface area contributed by atoms with Crippen molar-refractivity contribution in [2.75, 3.05) is 13.6 Å². The lowest BCUT2D eigenvalue weighted by Gasteiger charge is -1.85. The molecule has 1 atom stereocenters. The standard InChI is InChI=1S/C5H10N2/c1-5-3-7(5)4-6-2/h4-5H,3H2,1-2H3/b6-4+. The van der Waals surface area contributed by atoms with Crippen LogP contribution in [-0.2, 0) is 0 Å². The molecular formula is C5H10N2. The fourth-order valence-corrected chi connectivity index (χ4v) is 0.567. The van der Waals surface area contributed by atoms with E-state index in [4.69, 9.17) is 0 Å². The van der Waals surface area contributed by atoms with Crippen molar-refractivity contribution >= 4 is 6.34 Å². The highest BCUT2D eigenvalue weighted by atomic mass is 15.3. The van der Waals surface area contributed by atoms with E-state index in [1.54, 1.807) is 7.05 Å². The molecule has 7 heavy (non-hydrogen) atoms. The van der Waals surface area contributed by atoms with Gasteiger partial charge in [0.25, 0.3) is 0 Å². The topological polar surface area (TPSA) is 15.4 Å². The summed E-state index contributed by atoms with van der Waals surface area (Å²) in [6.07, 6.45) is 1.88. The van der Waals surface area contributed by atoms with E-state index in [1.165, 1.54) is 6.54 Å². The highest BCUT2D eigenvalue weighted by molar-refractivity contribution is 5.58. The Hall–Kier alpha value is -0.530. The number of hydrogen-bond donors (Lipinski definition) is 0. The second-order valence-corrected chi connectivity index (χ2v) is 1.92. The first kappa shape index (κ1) is 4.62. The van der Waals surface area contributed by atoms with Gasteiger partial charge >= 0.3 is 0 Å². The molecule has 0 aliphatic carbocycles. The summed E-state index contributed by atoms with van der Waals surface area (Å²) in [5.41, 5.74) is 0. The largest absolute Gasteiger partial charge is 0.356 e. The van der Waals surface area contributed by atoms with Crippen LogP contribution in [0.5, 0.6) is 0 Å². The zero-order chi connectivity index (χ0) is 5.28. The number of nitrogens with zero attached hydrogens (tertiary/aromatic N) is 2. The minimum Gasteiger partial charge on any atom is -0.356 e. The van der Waals surface area contributed by atoms with E-state index in [0.717, 1.165) is 6.04 Å². The Labute approximate surface area is 43.8 Å². The number of hydrogen-bond acceptors (Lipinski definition) is 1. The van der Waals surface area contributed by atoms with Gasteiger partial charge in [0.2, 0.25) is 0 Å². The normalized spacial score (nSPS) is 29.4. The maximum atomic E-state index is 3.85. The molecule has 0 saturated carbocycles. The molecule has 0 N–H and O–H groups in total. The van der Waals surface area contributed by atoms with Crippen molar-refractivity contribution in [2.24, 2.45) is 4.99 Å². The lowest BCUT2D eigenvalue weighted by Crippen LogP contribution is -1.92. The van der Waals surface area contributed by atoms with E-state index in [1.807, 2.05) is 6.34 Å². The van der Waals surface area contributed by atoms with Gasteiger partial charge in [-0.25, -0.2) is 0 Å². The minimum atomic E-state index is 0.753. The van der Waals surface area contributed by atoms with Crippen LogP contribution < -0.4 is 0 Å². The molecule has 0 amide bonds. The van der Waals surface area contributed by atoms with Crippen molar-refractivity contribution in [3.63, 3.8) is 0 Å². The summed E-state index contributed by atoms with van der Waals surface area (Å²) in [5, 5.41) is 0. The van der Waals surface area contributed by atoms with Crippen LogP contribution in [-0.4, -0.2) is 30.9 Å². The Kier molecular flexibility index (Phi) is 1.01. The molecule has 40 valence electrons. The van der Waals surface area contributed by atoms with Crippen LogP contribution in [0.15, 0.2) is 4.99 Å². The van der Waals surface area contributed by atoms with Gasteiger partial charge in [0, 0.05) is 19.6 Å². The quantitative estimate of drug-likeness (QED) is 0.262. The van der Waals surface area contributed by atoms with E-state index in [-0.39, 0.29) is 0 Å². The van der Waals surface area contributed by atoms with Gasteiger partial charge in [-0.3, -0.25) is 4.99 Å². The average molecular weight is 98.1 g/mol. The van der Waals surface area contributed by atoms with Gasteiger partial charge in [-0.1, -0.05) is 0 Å². The molecule has 0 bridgehead atoms. The molecule has 0 aromatic carbocycles. The van der Waals surface area contributed by atoms with Crippen molar-refractivity contribution in [1.29, 1.82) is 0 Å². The van der Waals surface area contributed by atoms with Crippen molar-refractivity contribution in [1.82, 2.24) is 4.90 Å². The van der Waals surface area contributed by atoms with Crippen molar-refractivity contribution < 1.29 is 0 Å². The summed E-state index contributed by atoms with van der Waals surface area (Å²) >= 11 is 0. The molecule has 0 aromatic heterocycles. The van der Waals surface area contributed by atoms with Crippen molar-refractivity contribution in [3.8, 4) is 0 Å². The predicted molar refractivity (Wildman–Crippen MR) is 30.6 cm³/mol. The number of aliphatic imine (C=N–C) groups is 1. The van der Waals surface area contributed by atoms with Crippen LogP contribution >= 0.6 is 0 Å². The third-order valence-electron chi connectivity index (χ3n) is 1.17. The third kappa shape index (κ3) is 0.918. The van der Waals surface area contributed by atoms with E-state index in [0.29, 0.717) is 0 Å². The number of rotatable bonds is 1. The van der Waals surface area contributed by atoms with Gasteiger partial charge in [-0.15, -0.1) is 0 Å². The summed E-state index contributed by atoms with van der Waals surface area (Å²) in [6, 6.07) is 0.753. The first-order valence-corrected chi connectivity index (χ1v) is 2.52. The van der Waals surface area contributed by atoms with Gasteiger partial charge in [-0.2, -0.15) is 0 Å². The summed E-state index contributed by atoms with van der Waals surface area (Å²) in [5.74, 6) is 0. The van der Waals surface area contributed by atoms with Crippen LogP contribution in [0.2, 0.25) is 0 Å². The smallest absolute Gasteiger partial charge is 0.0850 e. The second kappa shape index (κ2) is 1.52. The minimum absolute atomic E-state index is 0.753. The lowest BCUT2D eigenvalue weighted by molar-refractivity contribution is 0.785. The first-order chi connectivity index (χ1) is 3.34. The SMILES string of the molecule is C/N=C/N1CC1C. The van der Waals surface area contributed by atoms with Gasteiger partial charge in [0.15, 0.2) is 0 Å². The molecule has 0 radical (unpaired) electrons. The van der Waals surface area contributed by atoms with Gasteiger partial charge < -0.3 is 4.90 Å². The zero-order valence-electron chi connectivity index (χ0n) is 4.76. The first-order valence-electron chi connectivity index (χ1n) is 2.52. The van der Waals surface area contributed by atoms with Crippen LogP contribution in [0, 0.1) is 0 Å². The lowest BCUT2D eigenvalue weighted by atomic mass is 10.6. The fourth-order valence-electron chi connectivity index (χ4n) is 0.567. The Bertz CT molecular complexity index is 88.1. The monoisotopic (exact) mass is 98.1 g/mol. The Morgan fingerprint density at radius 3 is 2.57 bits per heavy atom. The molecule has 1 heterocycles. The summed E-state index contributed by atoms with van der Waals surface area (Å²) < 4.78 is 0. The maximum Gasteiger partial charge on any atom is 0.0850 e. The molecular weight excluding hydrogens is 88.1 g/mol. The van der Waals surface area contributed by atoms with Crippen LogP contribution in [0.1, 0.15) is 6.92 Å². The molecule has 1 rings (SSSR count). The van der Waals surface area contributed by atoms with E-state index in [2.05, 4.69) is 16.8 Å². The van der Waals surface area contributed by atoms with Crippen molar-refractivity contribution in [3.05, 3.63) is 0 Å². The molecule has 2 heteroatoms. The van der Waals surface area contributed by atoms with Crippen molar-refractivity contribution in [2.45, 2.75) is 13.0 Å². The predicted octanol–water partition coefficient (Wildman–Crippen LogP) is 0.349. The van der Waals surface area contributed by atoms with Gasteiger partial charge in [0.05, 0.1) is 6.34 Å². The fraction of sp³-hybridized carbons (Fsp3) is 0.800. The molecule has 0 spiro atoms. The average Bonchev–Trinajstić information content (AvgIpc) is 2.22. The molecule has 1 saturated heterocycles. The highest BCUT2D eigenvalue weighted by Crippen LogP contribution is 2.11. The van der Waals surface area contributed by atoms with Gasteiger partial charge in [0.1, 0.15) is 0 Å². The van der Waals surface area contributed by atoms with E-state index in [9.17, 15) is 0 Å². The van der Waals surface area contributed by atoms with Crippen LogP contribution in [0.4, 0.5) is 0 Å². The summed E-state index contributed by atoms with van der Waals surface area (Å²) in [7, 11) is 1.80. The van der Waals surface area contributed by atoms with E-state index >= 15 is 0 Å². The zero-order valence-corrected chi connectivity index (χ0v) is 4.76. The Balaban J connectivity index is 2.21. The molecule has 1 aliphatic heterocycles. The second-order valence-electron chi connectivity index (χ2n) is 1.92. The van der Waals surface area contributed by atoms with Crippen LogP contribution in [0.25, 0.3) is 0 Å². The molecule has 0 aromatic rings. The third-order valence-corrected chi connectivity index (χ3v) is 1.17. The summed E-state index contributed by atoms with van der Waals surface area (Å²) in [6.45, 7) is 3.37. The molecule has 1 unspecified atom stereocenters. The Morgan fingerprint density at radius 2 is 2.43 bits per heavy atom. The summed E-state index contributed by atoms with van der Waals surface area (Å²) in [4.78, 5) is 6.03.